The molecule has 0 aliphatic carbocycles. The lowest BCUT2D eigenvalue weighted by Gasteiger charge is -2.32. The number of carbonyl (C=O) groups excluding carboxylic acids is 2. The summed E-state index contributed by atoms with van der Waals surface area (Å²) in [5.41, 5.74) is 2.83. The molecule has 7 heteroatoms. The second-order valence-corrected chi connectivity index (χ2v) is 8.38. The van der Waals surface area contributed by atoms with Crippen LogP contribution in [-0.4, -0.2) is 39.8 Å². The Kier molecular flexibility index (Phi) is 7.07. The summed E-state index contributed by atoms with van der Waals surface area (Å²) < 4.78 is 13.0. The number of aromatic nitrogens is 2. The topological polar surface area (TPSA) is 75.2 Å². The van der Waals surface area contributed by atoms with Gasteiger partial charge in [-0.15, -0.1) is 0 Å². The van der Waals surface area contributed by atoms with Crippen LogP contribution in [-0.2, 0) is 17.8 Å². The van der Waals surface area contributed by atoms with Crippen LogP contribution in [0.5, 0.6) is 0 Å². The van der Waals surface area contributed by atoms with E-state index in [0.29, 0.717) is 36.6 Å². The van der Waals surface area contributed by atoms with Gasteiger partial charge >= 0.3 is 0 Å². The number of carbonyl (C=O) groups is 2. The summed E-state index contributed by atoms with van der Waals surface area (Å²) in [6, 6.07) is 15.7. The molecule has 3 aromatic rings. The number of nitrogens with one attached hydrogen (secondary N) is 1. The van der Waals surface area contributed by atoms with E-state index in [1.165, 1.54) is 12.1 Å². The molecule has 1 aromatic heterocycles. The number of piperidine rings is 1. The van der Waals surface area contributed by atoms with Gasteiger partial charge in [-0.1, -0.05) is 42.5 Å². The van der Waals surface area contributed by atoms with Gasteiger partial charge in [0.2, 0.25) is 5.91 Å². The molecule has 2 heterocycles. The van der Waals surface area contributed by atoms with Gasteiger partial charge in [-0.25, -0.2) is 14.4 Å². The van der Waals surface area contributed by atoms with E-state index in [2.05, 4.69) is 15.3 Å². The van der Waals surface area contributed by atoms with Crippen LogP contribution in [0.25, 0.3) is 0 Å². The first-order chi connectivity index (χ1) is 16.0. The van der Waals surface area contributed by atoms with Crippen LogP contribution in [0.4, 0.5) is 4.39 Å². The molecule has 1 N–H and O–H groups in total. The predicted octanol–water partition coefficient (Wildman–Crippen LogP) is 3.80. The Morgan fingerprint density at radius 3 is 2.58 bits per heavy atom. The first-order valence-corrected chi connectivity index (χ1v) is 11.2. The van der Waals surface area contributed by atoms with Crippen molar-refractivity contribution in [1.82, 2.24) is 20.2 Å². The van der Waals surface area contributed by atoms with Gasteiger partial charge in [0.15, 0.2) is 0 Å². The number of amides is 2. The summed E-state index contributed by atoms with van der Waals surface area (Å²) in [5, 5.41) is 2.83. The van der Waals surface area contributed by atoms with Crippen molar-refractivity contribution < 1.29 is 14.0 Å². The highest BCUT2D eigenvalue weighted by molar-refractivity contribution is 5.94. The maximum atomic E-state index is 13.0. The summed E-state index contributed by atoms with van der Waals surface area (Å²) in [6.45, 7) is 3.41. The third-order valence-electron chi connectivity index (χ3n) is 5.95. The minimum absolute atomic E-state index is 0.0495. The Balaban J connectivity index is 1.37. The van der Waals surface area contributed by atoms with E-state index in [0.717, 1.165) is 30.5 Å². The molecule has 1 aliphatic heterocycles. The lowest BCUT2D eigenvalue weighted by Crippen LogP contribution is -2.40. The Morgan fingerprint density at radius 1 is 1.09 bits per heavy atom. The van der Waals surface area contributed by atoms with Gasteiger partial charge in [-0.05, 0) is 43.0 Å². The third kappa shape index (κ3) is 5.80. The quantitative estimate of drug-likeness (QED) is 0.625. The molecule has 33 heavy (non-hydrogen) atoms. The molecule has 0 saturated carbocycles. The van der Waals surface area contributed by atoms with E-state index >= 15 is 0 Å². The zero-order chi connectivity index (χ0) is 23.2. The molecule has 0 unspecified atom stereocenters. The molecule has 0 radical (unpaired) electrons. The van der Waals surface area contributed by atoms with E-state index in [1.807, 2.05) is 35.2 Å². The van der Waals surface area contributed by atoms with Gasteiger partial charge in [0, 0.05) is 31.7 Å². The highest BCUT2D eigenvalue weighted by atomic mass is 19.1. The summed E-state index contributed by atoms with van der Waals surface area (Å²) in [7, 11) is 0. The van der Waals surface area contributed by atoms with Crippen LogP contribution in [0, 0.1) is 12.7 Å². The lowest BCUT2D eigenvalue weighted by molar-refractivity contribution is -0.131. The third-order valence-corrected chi connectivity index (χ3v) is 5.95. The minimum Gasteiger partial charge on any atom is -0.348 e. The average molecular weight is 447 g/mol. The zero-order valence-electron chi connectivity index (χ0n) is 18.6. The average Bonchev–Trinajstić information content (AvgIpc) is 2.84. The van der Waals surface area contributed by atoms with Crippen molar-refractivity contribution in [1.29, 1.82) is 0 Å². The summed E-state index contributed by atoms with van der Waals surface area (Å²) >= 11 is 0. The molecule has 0 spiro atoms. The first kappa shape index (κ1) is 22.6. The molecule has 0 bridgehead atoms. The second kappa shape index (κ2) is 10.3. The van der Waals surface area contributed by atoms with Crippen LogP contribution in [0.2, 0.25) is 0 Å². The number of benzene rings is 2. The summed E-state index contributed by atoms with van der Waals surface area (Å²) in [4.78, 5) is 36.3. The molecule has 1 atom stereocenters. The molecule has 1 fully saturated rings. The largest absolute Gasteiger partial charge is 0.348 e. The Labute approximate surface area is 192 Å². The van der Waals surface area contributed by atoms with Gasteiger partial charge in [-0.2, -0.15) is 0 Å². The molecular formula is C26H27FN4O2. The number of rotatable bonds is 6. The molecule has 1 saturated heterocycles. The highest BCUT2D eigenvalue weighted by Crippen LogP contribution is 2.25. The Morgan fingerprint density at radius 2 is 1.85 bits per heavy atom. The van der Waals surface area contributed by atoms with E-state index in [1.54, 1.807) is 25.3 Å². The fourth-order valence-electron chi connectivity index (χ4n) is 4.08. The van der Waals surface area contributed by atoms with Gasteiger partial charge < -0.3 is 10.2 Å². The maximum Gasteiger partial charge on any atom is 0.254 e. The van der Waals surface area contributed by atoms with Crippen molar-refractivity contribution in [3.63, 3.8) is 0 Å². The molecule has 170 valence electrons. The number of halogens is 1. The summed E-state index contributed by atoms with van der Waals surface area (Å²) in [6.07, 6.45) is 3.75. The Hall–Kier alpha value is -3.61. The van der Waals surface area contributed by atoms with Gasteiger partial charge in [0.25, 0.3) is 5.91 Å². The molecular weight excluding hydrogens is 419 g/mol. The van der Waals surface area contributed by atoms with E-state index in [9.17, 15) is 14.0 Å². The SMILES string of the molecule is Cc1nc([C@@H]2CCCN(C(=O)Cc3ccccc3)C2)ncc1C(=O)NCc1ccc(F)cc1. The van der Waals surface area contributed by atoms with E-state index in [4.69, 9.17) is 0 Å². The number of aryl methyl sites for hydroxylation is 1. The van der Waals surface area contributed by atoms with Crippen molar-refractivity contribution in [2.24, 2.45) is 0 Å². The van der Waals surface area contributed by atoms with Crippen LogP contribution >= 0.6 is 0 Å². The van der Waals surface area contributed by atoms with Crippen molar-refractivity contribution in [2.45, 2.75) is 38.6 Å². The van der Waals surface area contributed by atoms with Gasteiger partial charge in [-0.3, -0.25) is 9.59 Å². The van der Waals surface area contributed by atoms with Crippen LogP contribution in [0.15, 0.2) is 60.8 Å². The van der Waals surface area contributed by atoms with E-state index in [-0.39, 0.29) is 23.5 Å². The number of hydrogen-bond acceptors (Lipinski definition) is 4. The van der Waals surface area contributed by atoms with Crippen LogP contribution < -0.4 is 5.32 Å². The van der Waals surface area contributed by atoms with Crippen molar-refractivity contribution in [2.75, 3.05) is 13.1 Å². The molecule has 2 amide bonds. The Bertz CT molecular complexity index is 1120. The lowest BCUT2D eigenvalue weighted by atomic mass is 9.96. The first-order valence-electron chi connectivity index (χ1n) is 11.2. The second-order valence-electron chi connectivity index (χ2n) is 8.38. The smallest absolute Gasteiger partial charge is 0.254 e. The zero-order valence-corrected chi connectivity index (χ0v) is 18.6. The van der Waals surface area contributed by atoms with Crippen molar-refractivity contribution in [3.8, 4) is 0 Å². The number of nitrogens with zero attached hydrogens (tertiary/aromatic N) is 3. The summed E-state index contributed by atoms with van der Waals surface area (Å²) in [5.74, 6) is 0.243. The number of hydrogen-bond donors (Lipinski definition) is 1. The standard InChI is InChI=1S/C26H27FN4O2/c1-18-23(26(33)29-15-20-9-11-22(27)12-10-20)16-28-25(30-18)21-8-5-13-31(17-21)24(32)14-19-6-3-2-4-7-19/h2-4,6-7,9-12,16,21H,5,8,13-15,17H2,1H3,(H,29,33)/t21-/m1/s1. The molecule has 1 aliphatic rings. The van der Waals surface area contributed by atoms with Crippen molar-refractivity contribution in [3.05, 3.63) is 94.8 Å². The van der Waals surface area contributed by atoms with Gasteiger partial charge in [0.1, 0.15) is 11.6 Å². The molecule has 2 aromatic carbocycles. The fraction of sp³-hybridized carbons (Fsp3) is 0.308. The maximum absolute atomic E-state index is 13.0. The predicted molar refractivity (Wildman–Crippen MR) is 123 cm³/mol. The van der Waals surface area contributed by atoms with E-state index < -0.39 is 0 Å². The van der Waals surface area contributed by atoms with Crippen molar-refractivity contribution >= 4 is 11.8 Å². The normalized spacial score (nSPS) is 15.8. The monoisotopic (exact) mass is 446 g/mol. The van der Waals surface area contributed by atoms with Gasteiger partial charge in [0.05, 0.1) is 17.7 Å². The van der Waals surface area contributed by atoms with Crippen LogP contribution in [0.3, 0.4) is 0 Å². The molecule has 6 nitrogen and oxygen atoms in total. The fourth-order valence-corrected chi connectivity index (χ4v) is 4.08. The molecule has 4 rings (SSSR count). The highest BCUT2D eigenvalue weighted by Gasteiger charge is 2.27. The minimum atomic E-state index is -0.312. The van der Waals surface area contributed by atoms with Crippen LogP contribution in [0.1, 0.15) is 51.8 Å². The number of likely N-dealkylation sites (tertiary alicyclic amines) is 1.